The molecule has 118 valence electrons. The molecule has 0 aliphatic carbocycles. The minimum absolute atomic E-state index is 0.0513. The smallest absolute Gasteiger partial charge is 0.356 e. The molecule has 0 saturated carbocycles. The Balaban J connectivity index is 2.17. The van der Waals surface area contributed by atoms with Crippen molar-refractivity contribution in [2.75, 3.05) is 13.7 Å². The lowest BCUT2D eigenvalue weighted by Gasteiger charge is -2.19. The van der Waals surface area contributed by atoms with Gasteiger partial charge in [-0.05, 0) is 12.1 Å². The van der Waals surface area contributed by atoms with Gasteiger partial charge in [0.25, 0.3) is 5.91 Å². The molecule has 3 rings (SSSR count). The number of carboxylic acid groups (broad SMARTS) is 1. The second-order valence-corrected chi connectivity index (χ2v) is 4.97. The fraction of sp³-hybridized carbons (Fsp3) is 0.200. The van der Waals surface area contributed by atoms with Crippen LogP contribution in [0.2, 0.25) is 0 Å². The zero-order valence-electron chi connectivity index (χ0n) is 12.2. The molecular formula is C15H13N3O5. The highest BCUT2D eigenvalue weighted by Gasteiger charge is 2.30. The monoisotopic (exact) mass is 315 g/mol. The van der Waals surface area contributed by atoms with Crippen molar-refractivity contribution in [2.45, 2.75) is 6.54 Å². The van der Waals surface area contributed by atoms with Gasteiger partial charge in [-0.2, -0.15) is 0 Å². The third-order valence-electron chi connectivity index (χ3n) is 3.64. The minimum Gasteiger partial charge on any atom is -0.476 e. The number of amides is 1. The molecule has 1 amide bonds. The highest BCUT2D eigenvalue weighted by atomic mass is 16.5. The molecule has 1 aliphatic heterocycles. The maximum absolute atomic E-state index is 12.7. The number of carbonyl (C=O) groups excluding carboxylic acids is 2. The first-order valence-corrected chi connectivity index (χ1v) is 6.78. The Hall–Kier alpha value is -3.16. The van der Waals surface area contributed by atoms with Gasteiger partial charge in [-0.25, -0.2) is 9.78 Å². The molecule has 0 bridgehead atoms. The summed E-state index contributed by atoms with van der Waals surface area (Å²) in [4.78, 5) is 40.7. The van der Waals surface area contributed by atoms with Gasteiger partial charge < -0.3 is 14.7 Å². The van der Waals surface area contributed by atoms with E-state index in [2.05, 4.69) is 9.72 Å². The van der Waals surface area contributed by atoms with E-state index in [1.54, 1.807) is 28.8 Å². The van der Waals surface area contributed by atoms with Crippen LogP contribution in [0.1, 0.15) is 26.5 Å². The van der Waals surface area contributed by atoms with Crippen LogP contribution in [0, 0.1) is 0 Å². The van der Waals surface area contributed by atoms with E-state index in [0.29, 0.717) is 16.9 Å². The van der Waals surface area contributed by atoms with E-state index in [4.69, 9.17) is 0 Å². The topological polar surface area (TPSA) is 102 Å². The molecule has 1 aliphatic rings. The summed E-state index contributed by atoms with van der Waals surface area (Å²) in [7, 11) is 1.23. The van der Waals surface area contributed by atoms with Gasteiger partial charge in [-0.1, -0.05) is 12.1 Å². The van der Waals surface area contributed by atoms with Crippen molar-refractivity contribution < 1.29 is 24.2 Å². The largest absolute Gasteiger partial charge is 0.476 e. The molecule has 0 unspecified atom stereocenters. The van der Waals surface area contributed by atoms with Crippen LogP contribution >= 0.6 is 0 Å². The number of aromatic nitrogens is 2. The predicted molar refractivity (Wildman–Crippen MR) is 77.3 cm³/mol. The van der Waals surface area contributed by atoms with Crippen molar-refractivity contribution in [1.29, 1.82) is 0 Å². The van der Waals surface area contributed by atoms with Gasteiger partial charge in [-0.15, -0.1) is 0 Å². The number of esters is 1. The van der Waals surface area contributed by atoms with Crippen molar-refractivity contribution in [1.82, 2.24) is 14.5 Å². The van der Waals surface area contributed by atoms with Crippen molar-refractivity contribution >= 4 is 17.8 Å². The normalized spacial score (nSPS) is 13.1. The summed E-state index contributed by atoms with van der Waals surface area (Å²) in [5.74, 6) is -2.14. The highest BCUT2D eigenvalue weighted by Crippen LogP contribution is 2.26. The number of carboxylic acids is 1. The summed E-state index contributed by atoms with van der Waals surface area (Å²) in [5.41, 5.74) is 1.08. The molecule has 0 spiro atoms. The lowest BCUT2D eigenvalue weighted by Crippen LogP contribution is -2.35. The van der Waals surface area contributed by atoms with Gasteiger partial charge in [0.1, 0.15) is 12.9 Å². The van der Waals surface area contributed by atoms with Gasteiger partial charge in [0.15, 0.2) is 5.69 Å². The standard InChI is InChI=1S/C15H13N3O5/c1-23-12(19)7-17-6-11-13(15(21)22)16-8-18(11)10-5-3-2-4-9(10)14(17)20/h2-5,8H,6-7H2,1H3,(H,21,22). The van der Waals surface area contributed by atoms with E-state index >= 15 is 0 Å². The SMILES string of the molecule is COC(=O)CN1Cc2c(C(=O)O)ncn2-c2ccccc2C1=O. The number of fused-ring (bicyclic) bond motifs is 3. The number of imidazole rings is 1. The Morgan fingerprint density at radius 1 is 1.35 bits per heavy atom. The number of hydrogen-bond acceptors (Lipinski definition) is 5. The molecule has 0 fully saturated rings. The maximum Gasteiger partial charge on any atom is 0.356 e. The average Bonchev–Trinajstić information content (AvgIpc) is 2.92. The lowest BCUT2D eigenvalue weighted by atomic mass is 10.1. The van der Waals surface area contributed by atoms with Gasteiger partial charge in [0.2, 0.25) is 0 Å². The second kappa shape index (κ2) is 5.56. The number of carbonyl (C=O) groups is 3. The average molecular weight is 315 g/mol. The summed E-state index contributed by atoms with van der Waals surface area (Å²) < 4.78 is 6.17. The highest BCUT2D eigenvalue weighted by molar-refractivity contribution is 6.00. The summed E-state index contributed by atoms with van der Waals surface area (Å²) in [5, 5.41) is 9.28. The molecule has 8 heteroatoms. The molecule has 0 atom stereocenters. The molecule has 0 saturated heterocycles. The third-order valence-corrected chi connectivity index (χ3v) is 3.64. The summed E-state index contributed by atoms with van der Waals surface area (Å²) >= 11 is 0. The number of nitrogens with zero attached hydrogens (tertiary/aromatic N) is 3. The van der Waals surface area contributed by atoms with Crippen molar-refractivity contribution in [3.8, 4) is 5.69 Å². The minimum atomic E-state index is -1.19. The van der Waals surface area contributed by atoms with E-state index < -0.39 is 11.9 Å². The summed E-state index contributed by atoms with van der Waals surface area (Å²) in [6.07, 6.45) is 1.37. The van der Waals surface area contributed by atoms with E-state index in [9.17, 15) is 19.5 Å². The zero-order valence-corrected chi connectivity index (χ0v) is 12.2. The number of rotatable bonds is 3. The maximum atomic E-state index is 12.7. The number of aromatic carboxylic acids is 1. The molecular weight excluding hydrogens is 302 g/mol. The molecule has 23 heavy (non-hydrogen) atoms. The lowest BCUT2D eigenvalue weighted by molar-refractivity contribution is -0.141. The number of methoxy groups -OCH3 is 1. The van der Waals surface area contributed by atoms with Crippen LogP contribution in [0.15, 0.2) is 30.6 Å². The van der Waals surface area contributed by atoms with Crippen LogP contribution in [0.5, 0.6) is 0 Å². The first-order valence-electron chi connectivity index (χ1n) is 6.78. The quantitative estimate of drug-likeness (QED) is 0.837. The van der Waals surface area contributed by atoms with Crippen LogP contribution in [-0.4, -0.2) is 51.1 Å². The van der Waals surface area contributed by atoms with Gasteiger partial charge in [0.05, 0.1) is 30.6 Å². The summed E-state index contributed by atoms with van der Waals surface area (Å²) in [6.45, 7) is -0.321. The Morgan fingerprint density at radius 3 is 2.78 bits per heavy atom. The molecule has 0 radical (unpaired) electrons. The van der Waals surface area contributed by atoms with E-state index in [0.717, 1.165) is 0 Å². The predicted octanol–water partition coefficient (Wildman–Crippen LogP) is 0.699. The number of hydrogen-bond donors (Lipinski definition) is 1. The van der Waals surface area contributed by atoms with E-state index in [1.165, 1.54) is 18.3 Å². The number of ether oxygens (including phenoxy) is 1. The molecule has 1 aromatic heterocycles. The van der Waals surface area contributed by atoms with Crippen LogP contribution in [-0.2, 0) is 16.1 Å². The van der Waals surface area contributed by atoms with Crippen LogP contribution in [0.4, 0.5) is 0 Å². The molecule has 2 heterocycles. The number of para-hydroxylation sites is 1. The van der Waals surface area contributed by atoms with E-state index in [-0.39, 0.29) is 24.7 Å². The molecule has 1 aromatic carbocycles. The van der Waals surface area contributed by atoms with Crippen LogP contribution in [0.3, 0.4) is 0 Å². The van der Waals surface area contributed by atoms with Crippen LogP contribution in [0.25, 0.3) is 5.69 Å². The van der Waals surface area contributed by atoms with Crippen molar-refractivity contribution in [2.24, 2.45) is 0 Å². The van der Waals surface area contributed by atoms with Gasteiger partial charge >= 0.3 is 11.9 Å². The fourth-order valence-electron chi connectivity index (χ4n) is 2.55. The van der Waals surface area contributed by atoms with Crippen molar-refractivity contribution in [3.63, 3.8) is 0 Å². The third kappa shape index (κ3) is 2.44. The number of benzene rings is 1. The van der Waals surface area contributed by atoms with Crippen molar-refractivity contribution in [3.05, 3.63) is 47.5 Å². The van der Waals surface area contributed by atoms with Crippen LogP contribution < -0.4 is 0 Å². The zero-order chi connectivity index (χ0) is 16.6. The second-order valence-electron chi connectivity index (χ2n) is 4.97. The Labute approximate surface area is 130 Å². The fourth-order valence-corrected chi connectivity index (χ4v) is 2.55. The van der Waals surface area contributed by atoms with Gasteiger partial charge in [-0.3, -0.25) is 14.2 Å². The Bertz CT molecular complexity index is 811. The molecule has 8 nitrogen and oxygen atoms in total. The Kier molecular flexibility index (Phi) is 3.57. The Morgan fingerprint density at radius 2 is 2.09 bits per heavy atom. The molecule has 2 aromatic rings. The first kappa shape index (κ1) is 14.8. The van der Waals surface area contributed by atoms with Gasteiger partial charge in [0, 0.05) is 0 Å². The molecule has 1 N–H and O–H groups in total. The summed E-state index contributed by atoms with van der Waals surface area (Å²) in [6, 6.07) is 6.77. The first-order chi connectivity index (χ1) is 11.0. The van der Waals surface area contributed by atoms with E-state index in [1.807, 2.05) is 0 Å².